The van der Waals surface area contributed by atoms with Crippen LogP contribution in [0.3, 0.4) is 0 Å². The molecule has 1 atom stereocenters. The lowest BCUT2D eigenvalue weighted by Gasteiger charge is -2.20. The second kappa shape index (κ2) is 9.09. The van der Waals surface area contributed by atoms with Crippen LogP contribution in [0, 0.1) is 13.8 Å². The number of rotatable bonds is 5. The Hall–Kier alpha value is -2.18. The zero-order valence-corrected chi connectivity index (χ0v) is 18.3. The van der Waals surface area contributed by atoms with Crippen molar-refractivity contribution < 1.29 is 13.2 Å². The van der Waals surface area contributed by atoms with Gasteiger partial charge in [-0.15, -0.1) is 0 Å². The molecule has 5 nitrogen and oxygen atoms in total. The molecule has 1 N–H and O–H groups in total. The molecule has 0 aromatic heterocycles. The van der Waals surface area contributed by atoms with Crippen LogP contribution < -0.4 is 5.32 Å². The number of hydrogen-bond donors (Lipinski definition) is 1. The van der Waals surface area contributed by atoms with Crippen LogP contribution in [0.5, 0.6) is 0 Å². The summed E-state index contributed by atoms with van der Waals surface area (Å²) in [7, 11) is -3.58. The molecule has 0 aliphatic carbocycles. The number of amides is 1. The Balaban J connectivity index is 1.78. The highest BCUT2D eigenvalue weighted by Crippen LogP contribution is 2.22. The molecule has 2 aromatic rings. The van der Waals surface area contributed by atoms with E-state index in [1.807, 2.05) is 32.9 Å². The maximum Gasteiger partial charge on any atom is 0.251 e. The Kier molecular flexibility index (Phi) is 6.75. The van der Waals surface area contributed by atoms with Crippen molar-refractivity contribution >= 4 is 15.9 Å². The SMILES string of the molecule is Cc1ccc(C(C)NC(=O)c2cccc(S(=O)(=O)N3CCCCCC3)c2)c(C)c1. The summed E-state index contributed by atoms with van der Waals surface area (Å²) in [5, 5.41) is 2.99. The van der Waals surface area contributed by atoms with Crippen LogP contribution in [-0.2, 0) is 10.0 Å². The van der Waals surface area contributed by atoms with Crippen molar-refractivity contribution in [3.63, 3.8) is 0 Å². The van der Waals surface area contributed by atoms with Gasteiger partial charge in [0, 0.05) is 18.7 Å². The van der Waals surface area contributed by atoms with Gasteiger partial charge < -0.3 is 5.32 Å². The van der Waals surface area contributed by atoms with Crippen molar-refractivity contribution in [1.82, 2.24) is 9.62 Å². The maximum atomic E-state index is 13.0. The third-order valence-corrected chi connectivity index (χ3v) is 7.43. The van der Waals surface area contributed by atoms with Gasteiger partial charge in [0.25, 0.3) is 5.91 Å². The monoisotopic (exact) mass is 414 g/mol. The number of nitrogens with one attached hydrogen (secondary N) is 1. The number of nitrogens with zero attached hydrogens (tertiary/aromatic N) is 1. The number of carbonyl (C=O) groups excluding carboxylic acids is 1. The summed E-state index contributed by atoms with van der Waals surface area (Å²) in [5.74, 6) is -0.273. The minimum absolute atomic E-state index is 0.172. The zero-order chi connectivity index (χ0) is 21.0. The van der Waals surface area contributed by atoms with Gasteiger partial charge in [-0.2, -0.15) is 4.31 Å². The normalized spacial score (nSPS) is 16.8. The van der Waals surface area contributed by atoms with E-state index in [1.165, 1.54) is 11.6 Å². The molecule has 0 radical (unpaired) electrons. The molecule has 0 spiro atoms. The number of carbonyl (C=O) groups is 1. The van der Waals surface area contributed by atoms with Crippen LogP contribution in [0.2, 0.25) is 0 Å². The van der Waals surface area contributed by atoms with E-state index in [4.69, 9.17) is 0 Å². The first-order valence-corrected chi connectivity index (χ1v) is 11.7. The lowest BCUT2D eigenvalue weighted by atomic mass is 10.00. The van der Waals surface area contributed by atoms with E-state index in [9.17, 15) is 13.2 Å². The summed E-state index contributed by atoms with van der Waals surface area (Å²) in [6.07, 6.45) is 3.88. The van der Waals surface area contributed by atoms with Crippen molar-refractivity contribution in [3.05, 3.63) is 64.7 Å². The minimum atomic E-state index is -3.58. The fraction of sp³-hybridized carbons (Fsp3) is 0.435. The predicted octanol–water partition coefficient (Wildman–Crippen LogP) is 4.36. The molecule has 1 unspecified atom stereocenters. The largest absolute Gasteiger partial charge is 0.346 e. The van der Waals surface area contributed by atoms with E-state index >= 15 is 0 Å². The summed E-state index contributed by atoms with van der Waals surface area (Å²) >= 11 is 0. The average molecular weight is 415 g/mol. The highest BCUT2D eigenvalue weighted by atomic mass is 32.2. The molecule has 0 bridgehead atoms. The van der Waals surface area contributed by atoms with Gasteiger partial charge in [0.05, 0.1) is 10.9 Å². The lowest BCUT2D eigenvalue weighted by molar-refractivity contribution is 0.0939. The molecule has 29 heavy (non-hydrogen) atoms. The van der Waals surface area contributed by atoms with Gasteiger partial charge in [0.15, 0.2) is 0 Å². The quantitative estimate of drug-likeness (QED) is 0.790. The van der Waals surface area contributed by atoms with E-state index < -0.39 is 10.0 Å². The molecular weight excluding hydrogens is 384 g/mol. The molecule has 1 saturated heterocycles. The third kappa shape index (κ3) is 5.06. The van der Waals surface area contributed by atoms with Crippen LogP contribution in [0.4, 0.5) is 0 Å². The fourth-order valence-corrected chi connectivity index (χ4v) is 5.46. The average Bonchev–Trinajstić information content (AvgIpc) is 2.98. The Bertz CT molecular complexity index is 977. The van der Waals surface area contributed by atoms with Gasteiger partial charge in [-0.05, 0) is 62.9 Å². The molecule has 2 aromatic carbocycles. The molecule has 0 saturated carbocycles. The molecule has 1 fully saturated rings. The summed E-state index contributed by atoms with van der Waals surface area (Å²) in [5.41, 5.74) is 3.71. The van der Waals surface area contributed by atoms with E-state index in [0.717, 1.165) is 36.8 Å². The second-order valence-corrected chi connectivity index (χ2v) is 9.84. The smallest absolute Gasteiger partial charge is 0.251 e. The summed E-state index contributed by atoms with van der Waals surface area (Å²) in [6.45, 7) is 7.09. The van der Waals surface area contributed by atoms with Crippen LogP contribution >= 0.6 is 0 Å². The van der Waals surface area contributed by atoms with Gasteiger partial charge in [0.2, 0.25) is 10.0 Å². The van der Waals surface area contributed by atoms with Crippen LogP contribution in [0.25, 0.3) is 0 Å². The highest BCUT2D eigenvalue weighted by Gasteiger charge is 2.26. The maximum absolute atomic E-state index is 13.0. The third-order valence-electron chi connectivity index (χ3n) is 5.54. The Morgan fingerprint density at radius 3 is 2.34 bits per heavy atom. The molecule has 6 heteroatoms. The number of hydrogen-bond acceptors (Lipinski definition) is 3. The predicted molar refractivity (Wildman–Crippen MR) is 115 cm³/mol. The van der Waals surface area contributed by atoms with Crippen molar-refractivity contribution in [2.24, 2.45) is 0 Å². The lowest BCUT2D eigenvalue weighted by Crippen LogP contribution is -2.32. The van der Waals surface area contributed by atoms with Crippen molar-refractivity contribution in [2.75, 3.05) is 13.1 Å². The van der Waals surface area contributed by atoms with E-state index in [0.29, 0.717) is 18.7 Å². The number of sulfonamides is 1. The molecule has 3 rings (SSSR count). The molecule has 1 heterocycles. The number of aryl methyl sites for hydroxylation is 2. The summed E-state index contributed by atoms with van der Waals surface area (Å²) in [4.78, 5) is 13.0. The summed E-state index contributed by atoms with van der Waals surface area (Å²) < 4.78 is 27.6. The molecule has 1 aliphatic rings. The van der Waals surface area contributed by atoms with Crippen molar-refractivity contribution in [1.29, 1.82) is 0 Å². The molecule has 1 amide bonds. The Morgan fingerprint density at radius 2 is 1.69 bits per heavy atom. The Morgan fingerprint density at radius 1 is 1.00 bits per heavy atom. The van der Waals surface area contributed by atoms with E-state index in [1.54, 1.807) is 22.5 Å². The second-order valence-electron chi connectivity index (χ2n) is 7.90. The summed E-state index contributed by atoms with van der Waals surface area (Å²) in [6, 6.07) is 12.3. The molecular formula is C23H30N2O3S. The van der Waals surface area contributed by atoms with Crippen LogP contribution in [0.15, 0.2) is 47.4 Å². The van der Waals surface area contributed by atoms with E-state index in [2.05, 4.69) is 11.4 Å². The molecule has 1 aliphatic heterocycles. The van der Waals surface area contributed by atoms with Gasteiger partial charge in [-0.25, -0.2) is 8.42 Å². The van der Waals surface area contributed by atoms with Gasteiger partial charge in [0.1, 0.15) is 0 Å². The van der Waals surface area contributed by atoms with Crippen LogP contribution in [-0.4, -0.2) is 31.7 Å². The minimum Gasteiger partial charge on any atom is -0.346 e. The van der Waals surface area contributed by atoms with Crippen molar-refractivity contribution in [2.45, 2.75) is 57.4 Å². The van der Waals surface area contributed by atoms with Crippen LogP contribution in [0.1, 0.15) is 65.7 Å². The van der Waals surface area contributed by atoms with Gasteiger partial charge >= 0.3 is 0 Å². The molecule has 156 valence electrons. The topological polar surface area (TPSA) is 66.5 Å². The standard InChI is InChI=1S/C23H30N2O3S/c1-17-11-12-22(18(2)15-17)19(3)24-23(26)20-9-8-10-21(16-20)29(27,28)25-13-6-4-5-7-14-25/h8-12,15-16,19H,4-7,13-14H2,1-3H3,(H,24,26). The first kappa shape index (κ1) is 21.5. The Labute approximate surface area is 174 Å². The van der Waals surface area contributed by atoms with Gasteiger partial charge in [-0.3, -0.25) is 4.79 Å². The van der Waals surface area contributed by atoms with Gasteiger partial charge in [-0.1, -0.05) is 42.7 Å². The van der Waals surface area contributed by atoms with E-state index in [-0.39, 0.29) is 16.8 Å². The first-order chi connectivity index (χ1) is 13.8. The first-order valence-electron chi connectivity index (χ1n) is 10.3. The zero-order valence-electron chi connectivity index (χ0n) is 17.4. The van der Waals surface area contributed by atoms with Crippen molar-refractivity contribution in [3.8, 4) is 0 Å². The highest BCUT2D eigenvalue weighted by molar-refractivity contribution is 7.89. The fourth-order valence-electron chi connectivity index (χ4n) is 3.90. The number of benzene rings is 2.